The number of rotatable bonds is 6. The fourth-order valence-electron chi connectivity index (χ4n) is 0.663. The van der Waals surface area contributed by atoms with Crippen molar-refractivity contribution in [2.75, 3.05) is 6.54 Å². The summed E-state index contributed by atoms with van der Waals surface area (Å²) in [5.41, 5.74) is 0. The summed E-state index contributed by atoms with van der Waals surface area (Å²) in [6.45, 7) is 1.67. The van der Waals surface area contributed by atoms with Crippen molar-refractivity contribution < 1.29 is 14.4 Å². The molecule has 68 valence electrons. The SMILES string of the molecule is CC(CC=O)NC(=O)CNC=O. The predicted octanol–water partition coefficient (Wildman–Crippen LogP) is -1.17. The molecule has 0 saturated heterocycles. The molecule has 12 heavy (non-hydrogen) atoms. The Bertz CT molecular complexity index is 170. The van der Waals surface area contributed by atoms with Crippen molar-refractivity contribution in [1.29, 1.82) is 0 Å². The monoisotopic (exact) mass is 172 g/mol. The van der Waals surface area contributed by atoms with Gasteiger partial charge in [-0.3, -0.25) is 9.59 Å². The molecule has 0 aliphatic carbocycles. The average molecular weight is 172 g/mol. The number of carbonyl (C=O) groups excluding carboxylic acids is 3. The van der Waals surface area contributed by atoms with E-state index in [4.69, 9.17) is 0 Å². The van der Waals surface area contributed by atoms with Crippen LogP contribution in [0.3, 0.4) is 0 Å². The molecule has 0 aromatic carbocycles. The smallest absolute Gasteiger partial charge is 0.239 e. The molecule has 0 rings (SSSR count). The molecule has 0 aliphatic heterocycles. The topological polar surface area (TPSA) is 75.3 Å². The molecule has 2 N–H and O–H groups in total. The molecule has 0 aliphatic rings. The van der Waals surface area contributed by atoms with E-state index in [1.165, 1.54) is 0 Å². The first-order valence-corrected chi connectivity index (χ1v) is 3.60. The molecule has 0 bridgehead atoms. The van der Waals surface area contributed by atoms with Gasteiger partial charge in [0.2, 0.25) is 12.3 Å². The molecule has 0 aromatic rings. The minimum Gasteiger partial charge on any atom is -0.352 e. The zero-order valence-electron chi connectivity index (χ0n) is 6.87. The molecule has 1 unspecified atom stereocenters. The fraction of sp³-hybridized carbons (Fsp3) is 0.571. The molecule has 0 spiro atoms. The van der Waals surface area contributed by atoms with Gasteiger partial charge in [0.1, 0.15) is 6.29 Å². The van der Waals surface area contributed by atoms with E-state index in [1.807, 2.05) is 0 Å². The van der Waals surface area contributed by atoms with Crippen LogP contribution in [0.15, 0.2) is 0 Å². The molecule has 0 heterocycles. The summed E-state index contributed by atoms with van der Waals surface area (Å²) in [7, 11) is 0. The van der Waals surface area contributed by atoms with E-state index in [0.717, 1.165) is 6.29 Å². The van der Waals surface area contributed by atoms with Gasteiger partial charge < -0.3 is 15.4 Å². The summed E-state index contributed by atoms with van der Waals surface area (Å²) in [6, 6.07) is -0.177. The van der Waals surface area contributed by atoms with Crippen molar-refractivity contribution in [3.05, 3.63) is 0 Å². The second-order valence-electron chi connectivity index (χ2n) is 2.37. The van der Waals surface area contributed by atoms with E-state index in [2.05, 4.69) is 10.6 Å². The maximum Gasteiger partial charge on any atom is 0.239 e. The average Bonchev–Trinajstić information content (AvgIpc) is 2.01. The van der Waals surface area contributed by atoms with E-state index in [-0.39, 0.29) is 24.9 Å². The third-order valence-electron chi connectivity index (χ3n) is 1.20. The minimum absolute atomic E-state index is 0.0489. The second-order valence-corrected chi connectivity index (χ2v) is 2.37. The number of nitrogens with one attached hydrogen (secondary N) is 2. The van der Waals surface area contributed by atoms with Gasteiger partial charge in [-0.25, -0.2) is 0 Å². The second kappa shape index (κ2) is 6.33. The first kappa shape index (κ1) is 10.6. The van der Waals surface area contributed by atoms with E-state index >= 15 is 0 Å². The van der Waals surface area contributed by atoms with Crippen LogP contribution in [0.5, 0.6) is 0 Å². The van der Waals surface area contributed by atoms with Gasteiger partial charge in [0.15, 0.2) is 0 Å². The van der Waals surface area contributed by atoms with Gasteiger partial charge in [-0.1, -0.05) is 0 Å². The molecule has 0 radical (unpaired) electrons. The van der Waals surface area contributed by atoms with Crippen LogP contribution in [0, 0.1) is 0 Å². The largest absolute Gasteiger partial charge is 0.352 e. The number of hydrogen-bond acceptors (Lipinski definition) is 3. The molecule has 0 saturated carbocycles. The van der Waals surface area contributed by atoms with Crippen molar-refractivity contribution in [3.63, 3.8) is 0 Å². The minimum atomic E-state index is -0.295. The van der Waals surface area contributed by atoms with Crippen LogP contribution in [0.25, 0.3) is 0 Å². The lowest BCUT2D eigenvalue weighted by atomic mass is 10.2. The Labute approximate surface area is 70.5 Å². The van der Waals surface area contributed by atoms with Crippen molar-refractivity contribution in [2.45, 2.75) is 19.4 Å². The summed E-state index contributed by atoms with van der Waals surface area (Å²) < 4.78 is 0. The van der Waals surface area contributed by atoms with Gasteiger partial charge in [-0.2, -0.15) is 0 Å². The maximum atomic E-state index is 10.8. The van der Waals surface area contributed by atoms with Gasteiger partial charge in [-0.05, 0) is 6.92 Å². The molecular weight excluding hydrogens is 160 g/mol. The van der Waals surface area contributed by atoms with Gasteiger partial charge in [0, 0.05) is 12.5 Å². The third kappa shape index (κ3) is 5.40. The van der Waals surface area contributed by atoms with Gasteiger partial charge in [0.05, 0.1) is 6.54 Å². The zero-order valence-corrected chi connectivity index (χ0v) is 6.87. The predicted molar refractivity (Wildman–Crippen MR) is 42.4 cm³/mol. The van der Waals surface area contributed by atoms with Crippen molar-refractivity contribution >= 4 is 18.6 Å². The highest BCUT2D eigenvalue weighted by atomic mass is 16.2. The van der Waals surface area contributed by atoms with E-state index in [1.54, 1.807) is 6.92 Å². The Morgan fingerprint density at radius 2 is 2.17 bits per heavy atom. The molecule has 0 aromatic heterocycles. The Kier molecular flexibility index (Phi) is 5.60. The van der Waals surface area contributed by atoms with Crippen molar-refractivity contribution in [2.24, 2.45) is 0 Å². The molecule has 1 atom stereocenters. The first-order chi connectivity index (χ1) is 5.70. The number of carbonyl (C=O) groups is 3. The lowest BCUT2D eigenvalue weighted by Crippen LogP contribution is -2.38. The van der Waals surface area contributed by atoms with Gasteiger partial charge in [-0.15, -0.1) is 0 Å². The van der Waals surface area contributed by atoms with Crippen LogP contribution in [-0.2, 0) is 14.4 Å². The zero-order chi connectivity index (χ0) is 9.40. The van der Waals surface area contributed by atoms with E-state index < -0.39 is 0 Å². The van der Waals surface area contributed by atoms with Crippen LogP contribution in [0.1, 0.15) is 13.3 Å². The normalized spacial score (nSPS) is 11.4. The van der Waals surface area contributed by atoms with Crippen LogP contribution in [0.2, 0.25) is 0 Å². The fourth-order valence-corrected chi connectivity index (χ4v) is 0.663. The van der Waals surface area contributed by atoms with Crippen molar-refractivity contribution in [1.82, 2.24) is 10.6 Å². The number of amides is 2. The summed E-state index contributed by atoms with van der Waals surface area (Å²) >= 11 is 0. The number of hydrogen-bond donors (Lipinski definition) is 2. The lowest BCUT2D eigenvalue weighted by Gasteiger charge is -2.09. The lowest BCUT2D eigenvalue weighted by molar-refractivity contribution is -0.122. The van der Waals surface area contributed by atoms with E-state index in [9.17, 15) is 14.4 Å². The quantitative estimate of drug-likeness (QED) is 0.495. The summed E-state index contributed by atoms with van der Waals surface area (Å²) in [6.07, 6.45) is 1.47. The molecular formula is C7H12N2O3. The van der Waals surface area contributed by atoms with Crippen LogP contribution in [0.4, 0.5) is 0 Å². The highest BCUT2D eigenvalue weighted by Crippen LogP contribution is 1.84. The van der Waals surface area contributed by atoms with E-state index in [0.29, 0.717) is 6.41 Å². The third-order valence-corrected chi connectivity index (χ3v) is 1.20. The summed E-state index contributed by atoms with van der Waals surface area (Å²) in [5, 5.41) is 4.74. The van der Waals surface area contributed by atoms with Gasteiger partial charge in [0.25, 0.3) is 0 Å². The standard InChI is InChI=1S/C7H12N2O3/c1-6(2-3-10)9-7(12)4-8-5-11/h3,5-6H,2,4H2,1H3,(H,8,11)(H,9,12). The Balaban J connectivity index is 3.53. The Morgan fingerprint density at radius 3 is 2.67 bits per heavy atom. The molecule has 5 nitrogen and oxygen atoms in total. The molecule has 5 heteroatoms. The van der Waals surface area contributed by atoms with Crippen LogP contribution >= 0.6 is 0 Å². The Morgan fingerprint density at radius 1 is 1.50 bits per heavy atom. The maximum absolute atomic E-state index is 10.8. The molecule has 2 amide bonds. The number of aldehydes is 1. The van der Waals surface area contributed by atoms with Crippen molar-refractivity contribution in [3.8, 4) is 0 Å². The highest BCUT2D eigenvalue weighted by molar-refractivity contribution is 5.80. The molecule has 0 fully saturated rings. The highest BCUT2D eigenvalue weighted by Gasteiger charge is 2.04. The van der Waals surface area contributed by atoms with Gasteiger partial charge >= 0.3 is 0 Å². The summed E-state index contributed by atoms with van der Waals surface area (Å²) in [5.74, 6) is -0.295. The summed E-state index contributed by atoms with van der Waals surface area (Å²) in [4.78, 5) is 30.6. The first-order valence-electron chi connectivity index (χ1n) is 3.60. The van der Waals surface area contributed by atoms with Crippen LogP contribution < -0.4 is 10.6 Å². The Hall–Kier alpha value is -1.39. The van der Waals surface area contributed by atoms with Crippen LogP contribution in [-0.4, -0.2) is 31.2 Å².